The van der Waals surface area contributed by atoms with Gasteiger partial charge in [-0.1, -0.05) is 19.8 Å². The molecule has 1 N–H and O–H groups in total. The van der Waals surface area contributed by atoms with Gasteiger partial charge in [0.05, 0.1) is 18.2 Å². The second-order valence-electron chi connectivity index (χ2n) is 6.32. The largest absolute Gasteiger partial charge is 0.435 e. The van der Waals surface area contributed by atoms with Crippen molar-refractivity contribution < 1.29 is 27.1 Å². The fraction of sp³-hybridized carbons (Fsp3) is 0.786. The Kier molecular flexibility index (Phi) is 3.50. The third kappa shape index (κ3) is 2.31. The minimum Gasteiger partial charge on any atom is -0.382 e. The number of hydrogen-bond donors (Lipinski definition) is 1. The summed E-state index contributed by atoms with van der Waals surface area (Å²) >= 11 is 0. The van der Waals surface area contributed by atoms with Gasteiger partial charge < -0.3 is 5.11 Å². The Morgan fingerprint density at radius 3 is 2.45 bits per heavy atom. The van der Waals surface area contributed by atoms with Crippen LogP contribution in [0, 0.1) is 5.92 Å². The summed E-state index contributed by atoms with van der Waals surface area (Å²) in [6, 6.07) is -0.320. The molecular formula is C14H17F5N2O. The highest BCUT2D eigenvalue weighted by atomic mass is 19.4. The van der Waals surface area contributed by atoms with Gasteiger partial charge in [-0.3, -0.25) is 4.68 Å². The predicted molar refractivity (Wildman–Crippen MR) is 67.5 cm³/mol. The van der Waals surface area contributed by atoms with Crippen LogP contribution in [0.1, 0.15) is 61.7 Å². The summed E-state index contributed by atoms with van der Waals surface area (Å²) in [5.74, 6) is -3.50. The zero-order chi connectivity index (χ0) is 16.3. The zero-order valence-corrected chi connectivity index (χ0v) is 12.0. The summed E-state index contributed by atoms with van der Waals surface area (Å²) in [5.41, 5.74) is -2.27. The van der Waals surface area contributed by atoms with E-state index < -0.39 is 35.9 Å². The summed E-state index contributed by atoms with van der Waals surface area (Å²) in [5, 5.41) is 13.2. The van der Waals surface area contributed by atoms with Gasteiger partial charge >= 0.3 is 6.18 Å². The van der Waals surface area contributed by atoms with Crippen LogP contribution in [0.2, 0.25) is 0 Å². The van der Waals surface area contributed by atoms with Crippen LogP contribution >= 0.6 is 0 Å². The number of hydrogen-bond acceptors (Lipinski definition) is 2. The van der Waals surface area contributed by atoms with E-state index >= 15 is 0 Å². The fourth-order valence-corrected chi connectivity index (χ4v) is 3.62. The highest BCUT2D eigenvalue weighted by molar-refractivity contribution is 5.38. The van der Waals surface area contributed by atoms with Crippen molar-refractivity contribution in [3.05, 3.63) is 17.0 Å². The molecule has 2 aliphatic carbocycles. The third-order valence-corrected chi connectivity index (χ3v) is 4.78. The van der Waals surface area contributed by atoms with Gasteiger partial charge in [-0.2, -0.15) is 18.3 Å². The second kappa shape index (κ2) is 4.91. The number of aromatic nitrogens is 2. The van der Waals surface area contributed by atoms with Crippen molar-refractivity contribution in [1.82, 2.24) is 9.78 Å². The lowest BCUT2D eigenvalue weighted by Crippen LogP contribution is -2.27. The van der Waals surface area contributed by atoms with Crippen LogP contribution in [0.25, 0.3) is 0 Å². The first-order chi connectivity index (χ1) is 10.1. The standard InChI is InChI=1S/C14H17F5N2O/c1-7-4-2-3-5-8(7)21-9-6-13(15,16)12(22)10(9)11(20-21)14(17,18)19/h7-8,12,22H,2-6H2,1H3/t7-,8?,12+/m1/s1. The van der Waals surface area contributed by atoms with E-state index in [9.17, 15) is 27.1 Å². The van der Waals surface area contributed by atoms with Crippen molar-refractivity contribution in [2.45, 2.75) is 63.3 Å². The first-order valence-corrected chi connectivity index (χ1v) is 7.37. The molecule has 0 radical (unpaired) electrons. The molecule has 0 aliphatic heterocycles. The summed E-state index contributed by atoms with van der Waals surface area (Å²) in [4.78, 5) is 0. The quantitative estimate of drug-likeness (QED) is 0.796. The lowest BCUT2D eigenvalue weighted by atomic mass is 9.86. The number of fused-ring (bicyclic) bond motifs is 1. The zero-order valence-electron chi connectivity index (χ0n) is 12.0. The summed E-state index contributed by atoms with van der Waals surface area (Å²) in [6.45, 7) is 1.90. The molecule has 1 aromatic rings. The van der Waals surface area contributed by atoms with Crippen LogP contribution in [0.5, 0.6) is 0 Å². The van der Waals surface area contributed by atoms with Crippen molar-refractivity contribution >= 4 is 0 Å². The highest BCUT2D eigenvalue weighted by Gasteiger charge is 2.55. The fourth-order valence-electron chi connectivity index (χ4n) is 3.62. The third-order valence-electron chi connectivity index (χ3n) is 4.78. The summed E-state index contributed by atoms with van der Waals surface area (Å²) < 4.78 is 67.9. The molecule has 1 heterocycles. The van der Waals surface area contributed by atoms with Crippen LogP contribution in [-0.4, -0.2) is 20.8 Å². The van der Waals surface area contributed by atoms with Gasteiger partial charge in [0, 0.05) is 5.56 Å². The minimum atomic E-state index is -4.85. The van der Waals surface area contributed by atoms with E-state index in [0.29, 0.717) is 6.42 Å². The molecule has 1 unspecified atom stereocenters. The summed E-state index contributed by atoms with van der Waals surface area (Å²) in [7, 11) is 0. The molecular weight excluding hydrogens is 307 g/mol. The van der Waals surface area contributed by atoms with Crippen LogP contribution < -0.4 is 0 Å². The lowest BCUT2D eigenvalue weighted by molar-refractivity contribution is -0.146. The van der Waals surface area contributed by atoms with E-state index in [1.165, 1.54) is 0 Å². The highest BCUT2D eigenvalue weighted by Crippen LogP contribution is 2.50. The molecule has 0 saturated heterocycles. The molecule has 3 rings (SSSR count). The maximum absolute atomic E-state index is 13.7. The van der Waals surface area contributed by atoms with E-state index in [-0.39, 0.29) is 17.7 Å². The Morgan fingerprint density at radius 2 is 1.86 bits per heavy atom. The smallest absolute Gasteiger partial charge is 0.382 e. The van der Waals surface area contributed by atoms with Crippen molar-refractivity contribution in [1.29, 1.82) is 0 Å². The Hall–Kier alpha value is -1.18. The van der Waals surface area contributed by atoms with Crippen molar-refractivity contribution in [2.75, 3.05) is 0 Å². The number of aliphatic hydroxyl groups is 1. The first-order valence-electron chi connectivity index (χ1n) is 7.37. The van der Waals surface area contributed by atoms with E-state index in [4.69, 9.17) is 0 Å². The summed E-state index contributed by atoms with van der Waals surface area (Å²) in [6.07, 6.45) is -4.92. The van der Waals surface area contributed by atoms with E-state index in [0.717, 1.165) is 23.9 Å². The van der Waals surface area contributed by atoms with Gasteiger partial charge in [0.25, 0.3) is 5.92 Å². The minimum absolute atomic E-state index is 0.0743. The molecule has 0 spiro atoms. The maximum Gasteiger partial charge on any atom is 0.435 e. The molecule has 2 aliphatic rings. The molecule has 3 atom stereocenters. The monoisotopic (exact) mass is 324 g/mol. The van der Waals surface area contributed by atoms with Crippen LogP contribution in [-0.2, 0) is 12.6 Å². The van der Waals surface area contributed by atoms with Crippen molar-refractivity contribution in [3.63, 3.8) is 0 Å². The first kappa shape index (κ1) is 15.7. The van der Waals surface area contributed by atoms with Crippen molar-refractivity contribution in [3.8, 4) is 0 Å². The molecule has 0 aromatic carbocycles. The number of aliphatic hydroxyl groups excluding tert-OH is 1. The van der Waals surface area contributed by atoms with Crippen molar-refractivity contribution in [2.24, 2.45) is 5.92 Å². The molecule has 1 saturated carbocycles. The Labute approximate surface area is 124 Å². The van der Waals surface area contributed by atoms with Crippen LogP contribution in [0.15, 0.2) is 0 Å². The topological polar surface area (TPSA) is 38.0 Å². The average Bonchev–Trinajstić information content (AvgIpc) is 2.86. The van der Waals surface area contributed by atoms with E-state index in [1.807, 2.05) is 6.92 Å². The molecule has 124 valence electrons. The maximum atomic E-state index is 13.7. The molecule has 8 heteroatoms. The van der Waals surface area contributed by atoms with Crippen LogP contribution in [0.3, 0.4) is 0 Å². The van der Waals surface area contributed by atoms with Gasteiger partial charge in [0.15, 0.2) is 5.69 Å². The molecule has 0 amide bonds. The molecule has 22 heavy (non-hydrogen) atoms. The molecule has 3 nitrogen and oxygen atoms in total. The molecule has 1 fully saturated rings. The Balaban J connectivity index is 2.12. The number of alkyl halides is 5. The number of rotatable bonds is 1. The van der Waals surface area contributed by atoms with Gasteiger partial charge in [-0.05, 0) is 18.8 Å². The van der Waals surface area contributed by atoms with Gasteiger partial charge in [-0.25, -0.2) is 8.78 Å². The lowest BCUT2D eigenvalue weighted by Gasteiger charge is -2.30. The molecule has 1 aromatic heterocycles. The van der Waals surface area contributed by atoms with Crippen LogP contribution in [0.4, 0.5) is 22.0 Å². The molecule has 0 bridgehead atoms. The average molecular weight is 324 g/mol. The SMILES string of the molecule is C[C@@H]1CCCCC1n1nc(C(F)(F)F)c2c1CC(F)(F)[C@H]2O. The number of halogens is 5. The van der Waals surface area contributed by atoms with E-state index in [1.54, 1.807) is 0 Å². The van der Waals surface area contributed by atoms with E-state index in [2.05, 4.69) is 5.10 Å². The predicted octanol–water partition coefficient (Wildman–Crippen LogP) is 3.88. The number of nitrogens with zero attached hydrogens (tertiary/aromatic N) is 2. The Morgan fingerprint density at radius 1 is 1.23 bits per heavy atom. The van der Waals surface area contributed by atoms with Gasteiger partial charge in [0.1, 0.15) is 6.10 Å². The normalized spacial score (nSPS) is 31.3. The Bertz CT molecular complexity index is 581. The van der Waals surface area contributed by atoms with Gasteiger partial charge in [0.2, 0.25) is 0 Å². The van der Waals surface area contributed by atoms with Gasteiger partial charge in [-0.15, -0.1) is 0 Å². The second-order valence-corrected chi connectivity index (χ2v) is 6.32.